The van der Waals surface area contributed by atoms with Crippen molar-refractivity contribution in [1.29, 1.82) is 0 Å². The highest BCUT2D eigenvalue weighted by Crippen LogP contribution is 2.28. The highest BCUT2D eigenvalue weighted by atomic mass is 35.5. The van der Waals surface area contributed by atoms with Crippen molar-refractivity contribution in [1.82, 2.24) is 9.99 Å². The van der Waals surface area contributed by atoms with Crippen LogP contribution in [0, 0.1) is 27.7 Å². The molecule has 0 unspecified atom stereocenters. The second-order valence-corrected chi connectivity index (χ2v) is 11.8. The van der Waals surface area contributed by atoms with Gasteiger partial charge in [0.05, 0.1) is 26.8 Å². The van der Waals surface area contributed by atoms with E-state index in [1.54, 1.807) is 42.5 Å². The third kappa shape index (κ3) is 6.19. The number of aromatic nitrogens is 1. The van der Waals surface area contributed by atoms with Crippen LogP contribution in [0.4, 0.5) is 5.69 Å². The molecule has 202 valence electrons. The predicted octanol–water partition coefficient (Wildman–Crippen LogP) is 6.36. The largest absolute Gasteiger partial charge is 0.318 e. The van der Waals surface area contributed by atoms with Gasteiger partial charge < -0.3 is 4.57 Å². The van der Waals surface area contributed by atoms with E-state index in [0.29, 0.717) is 15.7 Å². The van der Waals surface area contributed by atoms with Gasteiger partial charge in [0.1, 0.15) is 6.54 Å². The molecule has 1 aromatic heterocycles. The van der Waals surface area contributed by atoms with Crippen LogP contribution in [0.5, 0.6) is 0 Å². The molecule has 4 aromatic rings. The summed E-state index contributed by atoms with van der Waals surface area (Å²) in [6.07, 6.45) is 1.53. The SMILES string of the molecule is Cc1ccc(N(CC(=O)N/N=C/c2cc(C)n(-c3ccc(Cl)c(Cl)c3)c2C)S(=O)(=O)c2ccccc2)cc1C. The van der Waals surface area contributed by atoms with Crippen molar-refractivity contribution in [3.8, 4) is 5.69 Å². The molecule has 0 radical (unpaired) electrons. The van der Waals surface area contributed by atoms with Gasteiger partial charge in [0.15, 0.2) is 0 Å². The van der Waals surface area contributed by atoms with Crippen LogP contribution in [0.2, 0.25) is 10.0 Å². The van der Waals surface area contributed by atoms with Gasteiger partial charge in [0.2, 0.25) is 0 Å². The van der Waals surface area contributed by atoms with E-state index in [4.69, 9.17) is 23.2 Å². The summed E-state index contributed by atoms with van der Waals surface area (Å²) in [7, 11) is -4.01. The second-order valence-electron chi connectivity index (χ2n) is 9.15. The quantitative estimate of drug-likeness (QED) is 0.194. The van der Waals surface area contributed by atoms with E-state index < -0.39 is 22.5 Å². The smallest absolute Gasteiger partial charge is 0.264 e. The third-order valence-electron chi connectivity index (χ3n) is 6.42. The van der Waals surface area contributed by atoms with Crippen molar-refractivity contribution in [2.45, 2.75) is 32.6 Å². The van der Waals surface area contributed by atoms with E-state index in [1.807, 2.05) is 50.5 Å². The number of sulfonamides is 1. The van der Waals surface area contributed by atoms with Gasteiger partial charge in [-0.25, -0.2) is 13.8 Å². The molecule has 0 spiro atoms. The Morgan fingerprint density at radius 1 is 0.923 bits per heavy atom. The molecule has 3 aromatic carbocycles. The van der Waals surface area contributed by atoms with Crippen LogP contribution >= 0.6 is 23.2 Å². The lowest BCUT2D eigenvalue weighted by molar-refractivity contribution is -0.119. The molecule has 0 saturated carbocycles. The van der Waals surface area contributed by atoms with Gasteiger partial charge in [-0.15, -0.1) is 0 Å². The molecule has 0 fully saturated rings. The van der Waals surface area contributed by atoms with E-state index in [-0.39, 0.29) is 4.90 Å². The van der Waals surface area contributed by atoms with E-state index in [0.717, 1.165) is 38.1 Å². The molecule has 1 amide bonds. The van der Waals surface area contributed by atoms with Gasteiger partial charge in [-0.3, -0.25) is 9.10 Å². The van der Waals surface area contributed by atoms with Crippen molar-refractivity contribution in [3.63, 3.8) is 0 Å². The first kappa shape index (κ1) is 28.4. The zero-order valence-corrected chi connectivity index (χ0v) is 24.3. The number of carbonyl (C=O) groups is 1. The van der Waals surface area contributed by atoms with Crippen LogP contribution in [0.25, 0.3) is 5.69 Å². The molecule has 39 heavy (non-hydrogen) atoms. The molecular weight excluding hydrogens is 555 g/mol. The fraction of sp³-hybridized carbons (Fsp3) is 0.172. The zero-order chi connectivity index (χ0) is 28.3. The van der Waals surface area contributed by atoms with Gasteiger partial charge in [-0.1, -0.05) is 47.5 Å². The summed E-state index contributed by atoms with van der Waals surface area (Å²) in [6.45, 7) is 7.26. The first-order chi connectivity index (χ1) is 18.5. The minimum Gasteiger partial charge on any atom is -0.318 e. The Bertz CT molecular complexity index is 1670. The number of carbonyl (C=O) groups excluding carboxylic acids is 1. The molecule has 10 heteroatoms. The molecule has 0 aliphatic carbocycles. The number of anilines is 1. The van der Waals surface area contributed by atoms with Gasteiger partial charge in [-0.05, 0) is 87.4 Å². The zero-order valence-electron chi connectivity index (χ0n) is 21.9. The fourth-order valence-electron chi connectivity index (χ4n) is 4.19. The maximum Gasteiger partial charge on any atom is 0.264 e. The van der Waals surface area contributed by atoms with Crippen LogP contribution < -0.4 is 9.73 Å². The molecule has 0 aliphatic heterocycles. The number of benzene rings is 3. The average molecular weight is 584 g/mol. The summed E-state index contributed by atoms with van der Waals surface area (Å²) in [5, 5.41) is 5.02. The molecule has 0 aliphatic rings. The number of halogens is 2. The summed E-state index contributed by atoms with van der Waals surface area (Å²) >= 11 is 12.3. The fourth-order valence-corrected chi connectivity index (χ4v) is 5.92. The Kier molecular flexibility index (Phi) is 8.49. The first-order valence-corrected chi connectivity index (χ1v) is 14.3. The molecule has 0 bridgehead atoms. The lowest BCUT2D eigenvalue weighted by Crippen LogP contribution is -2.39. The normalized spacial score (nSPS) is 11.6. The van der Waals surface area contributed by atoms with Crippen LogP contribution in [0.1, 0.15) is 28.1 Å². The maximum absolute atomic E-state index is 13.5. The van der Waals surface area contributed by atoms with Crippen molar-refractivity contribution in [2.75, 3.05) is 10.8 Å². The molecule has 0 saturated heterocycles. The van der Waals surface area contributed by atoms with E-state index in [9.17, 15) is 13.2 Å². The van der Waals surface area contributed by atoms with Gasteiger partial charge in [-0.2, -0.15) is 5.10 Å². The standard InChI is InChI=1S/C29H28Cl2N4O3S/c1-19-10-11-24(14-20(19)2)34(39(37,38)26-8-6-5-7-9-26)18-29(36)33-32-17-23-15-21(3)35(22(23)4)25-12-13-27(30)28(31)16-25/h5-17H,18H2,1-4H3,(H,33,36)/b32-17+. The lowest BCUT2D eigenvalue weighted by atomic mass is 10.1. The maximum atomic E-state index is 13.5. The van der Waals surface area contributed by atoms with Crippen molar-refractivity contribution < 1.29 is 13.2 Å². The van der Waals surface area contributed by atoms with E-state index in [2.05, 4.69) is 10.5 Å². The molecule has 1 heterocycles. The Morgan fingerprint density at radius 2 is 1.64 bits per heavy atom. The topological polar surface area (TPSA) is 83.8 Å². The molecular formula is C29H28Cl2N4O3S. The van der Waals surface area contributed by atoms with Crippen LogP contribution in [0.15, 0.2) is 82.8 Å². The van der Waals surface area contributed by atoms with Crippen molar-refractivity contribution in [3.05, 3.63) is 111 Å². The van der Waals surface area contributed by atoms with Gasteiger partial charge >= 0.3 is 0 Å². The number of nitrogens with one attached hydrogen (secondary N) is 1. The first-order valence-electron chi connectivity index (χ1n) is 12.1. The molecule has 1 N–H and O–H groups in total. The summed E-state index contributed by atoms with van der Waals surface area (Å²) in [5.41, 5.74) is 8.24. The average Bonchev–Trinajstić information content (AvgIpc) is 3.19. The van der Waals surface area contributed by atoms with Crippen LogP contribution in [-0.2, 0) is 14.8 Å². The summed E-state index contributed by atoms with van der Waals surface area (Å²) in [5.74, 6) is -0.581. The number of hydrogen-bond donors (Lipinski definition) is 1. The lowest BCUT2D eigenvalue weighted by Gasteiger charge is -2.24. The number of rotatable bonds is 8. The van der Waals surface area contributed by atoms with Gasteiger partial charge in [0, 0.05) is 22.6 Å². The summed E-state index contributed by atoms with van der Waals surface area (Å²) in [6, 6.07) is 20.6. The summed E-state index contributed by atoms with van der Waals surface area (Å²) < 4.78 is 30.1. The number of hydrazone groups is 1. The Hall–Kier alpha value is -3.59. The highest BCUT2D eigenvalue weighted by molar-refractivity contribution is 7.92. The number of nitrogens with zero attached hydrogens (tertiary/aromatic N) is 3. The predicted molar refractivity (Wildman–Crippen MR) is 158 cm³/mol. The third-order valence-corrected chi connectivity index (χ3v) is 8.95. The minimum atomic E-state index is -4.01. The summed E-state index contributed by atoms with van der Waals surface area (Å²) in [4.78, 5) is 13.0. The molecule has 7 nitrogen and oxygen atoms in total. The van der Waals surface area contributed by atoms with Crippen LogP contribution in [0.3, 0.4) is 0 Å². The second kappa shape index (κ2) is 11.7. The van der Waals surface area contributed by atoms with Crippen molar-refractivity contribution in [2.24, 2.45) is 5.10 Å². The van der Waals surface area contributed by atoms with Crippen molar-refractivity contribution >= 4 is 51.0 Å². The van der Waals surface area contributed by atoms with E-state index in [1.165, 1.54) is 18.3 Å². The highest BCUT2D eigenvalue weighted by Gasteiger charge is 2.27. The van der Waals surface area contributed by atoms with Gasteiger partial charge in [0.25, 0.3) is 15.9 Å². The number of aryl methyl sites for hydroxylation is 3. The monoisotopic (exact) mass is 582 g/mol. The molecule has 0 atom stereocenters. The molecule has 4 rings (SSSR count). The van der Waals surface area contributed by atoms with E-state index >= 15 is 0 Å². The minimum absolute atomic E-state index is 0.0919. The Morgan fingerprint density at radius 3 is 2.31 bits per heavy atom. The number of amides is 1. The Labute approximate surface area is 238 Å². The van der Waals surface area contributed by atoms with Crippen LogP contribution in [-0.4, -0.2) is 31.7 Å². The Balaban J connectivity index is 1.56. The number of hydrogen-bond acceptors (Lipinski definition) is 4.